The van der Waals surface area contributed by atoms with Crippen LogP contribution in [0.2, 0.25) is 0 Å². The molecular formula is C9H11N3O2S. The van der Waals surface area contributed by atoms with Crippen LogP contribution in [0.3, 0.4) is 0 Å². The van der Waals surface area contributed by atoms with Crippen LogP contribution in [0.5, 0.6) is 0 Å². The first-order chi connectivity index (χ1) is 7.15. The van der Waals surface area contributed by atoms with Gasteiger partial charge in [0.15, 0.2) is 0 Å². The number of hydrogen-bond acceptors (Lipinski definition) is 5. The van der Waals surface area contributed by atoms with Gasteiger partial charge in [-0.15, -0.1) is 11.3 Å². The van der Waals surface area contributed by atoms with Crippen molar-refractivity contribution >= 4 is 23.2 Å². The number of nitrogens with zero attached hydrogens (tertiary/aromatic N) is 1. The summed E-state index contributed by atoms with van der Waals surface area (Å²) in [5.74, 6) is -0.445. The average molecular weight is 225 g/mol. The maximum atomic E-state index is 11.2. The van der Waals surface area contributed by atoms with Crippen molar-refractivity contribution in [3.05, 3.63) is 16.1 Å². The minimum Gasteiger partial charge on any atom is -0.300 e. The Kier molecular flexibility index (Phi) is 2.79. The molecule has 6 heteroatoms. The number of hydrogen-bond donors (Lipinski definition) is 2. The molecule has 80 valence electrons. The van der Waals surface area contributed by atoms with E-state index in [1.54, 1.807) is 17.5 Å². The molecule has 1 aliphatic heterocycles. The van der Waals surface area contributed by atoms with Gasteiger partial charge in [0, 0.05) is 17.6 Å². The molecule has 0 aromatic carbocycles. The number of aromatic nitrogens is 1. The number of nitrogens with one attached hydrogen (secondary N) is 2. The Morgan fingerprint density at radius 2 is 2.47 bits per heavy atom. The molecule has 1 unspecified atom stereocenters. The standard InChI is InChI=1S/C9H11N3O2S/c1-5-10-3-6(15-5)4-11-7-2-8(13)12-9(7)14/h3,7,11H,2,4H2,1H3,(H,12,13,14). The zero-order chi connectivity index (χ0) is 10.8. The van der Waals surface area contributed by atoms with Crippen LogP contribution in [-0.4, -0.2) is 22.8 Å². The topological polar surface area (TPSA) is 71.1 Å². The Morgan fingerprint density at radius 3 is 3.00 bits per heavy atom. The van der Waals surface area contributed by atoms with Gasteiger partial charge in [0.2, 0.25) is 11.8 Å². The summed E-state index contributed by atoms with van der Waals surface area (Å²) in [5, 5.41) is 6.28. The number of rotatable bonds is 3. The number of aryl methyl sites for hydroxylation is 1. The second-order valence-electron chi connectivity index (χ2n) is 3.40. The molecule has 2 amide bonds. The summed E-state index contributed by atoms with van der Waals surface area (Å²) in [5.41, 5.74) is 0. The third-order valence-corrected chi connectivity index (χ3v) is 3.07. The van der Waals surface area contributed by atoms with E-state index >= 15 is 0 Å². The van der Waals surface area contributed by atoms with E-state index in [0.717, 1.165) is 9.88 Å². The molecule has 0 radical (unpaired) electrons. The van der Waals surface area contributed by atoms with Crippen LogP contribution < -0.4 is 10.6 Å². The summed E-state index contributed by atoms with van der Waals surface area (Å²) in [7, 11) is 0. The molecule has 2 heterocycles. The first-order valence-electron chi connectivity index (χ1n) is 4.63. The number of thiazole rings is 1. The van der Waals surface area contributed by atoms with Crippen LogP contribution >= 0.6 is 11.3 Å². The minimum absolute atomic E-state index is 0.210. The average Bonchev–Trinajstić information content (AvgIpc) is 2.70. The van der Waals surface area contributed by atoms with Crippen molar-refractivity contribution in [3.63, 3.8) is 0 Å². The quantitative estimate of drug-likeness (QED) is 0.708. The first-order valence-corrected chi connectivity index (χ1v) is 5.45. The summed E-state index contributed by atoms with van der Waals surface area (Å²) in [6, 6.07) is -0.389. The second-order valence-corrected chi connectivity index (χ2v) is 4.71. The maximum absolute atomic E-state index is 11.2. The Bertz CT molecular complexity index is 402. The molecule has 1 saturated heterocycles. The monoisotopic (exact) mass is 225 g/mol. The fourth-order valence-electron chi connectivity index (χ4n) is 1.43. The van der Waals surface area contributed by atoms with E-state index in [2.05, 4.69) is 15.6 Å². The van der Waals surface area contributed by atoms with Gasteiger partial charge in [0.1, 0.15) is 0 Å². The lowest BCUT2D eigenvalue weighted by molar-refractivity contribution is -0.125. The van der Waals surface area contributed by atoms with E-state index < -0.39 is 0 Å². The Hall–Kier alpha value is -1.27. The predicted molar refractivity (Wildman–Crippen MR) is 55.2 cm³/mol. The van der Waals surface area contributed by atoms with E-state index in [4.69, 9.17) is 0 Å². The number of carbonyl (C=O) groups is 2. The summed E-state index contributed by atoms with van der Waals surface area (Å²) in [6.07, 6.45) is 2.01. The zero-order valence-corrected chi connectivity index (χ0v) is 9.06. The predicted octanol–water partition coefficient (Wildman–Crippen LogP) is -0.0438. The summed E-state index contributed by atoms with van der Waals surface area (Å²) < 4.78 is 0. The number of amides is 2. The van der Waals surface area contributed by atoms with Gasteiger partial charge in [-0.3, -0.25) is 14.9 Å². The van der Waals surface area contributed by atoms with Crippen molar-refractivity contribution in [1.82, 2.24) is 15.6 Å². The molecule has 1 fully saturated rings. The van der Waals surface area contributed by atoms with E-state index in [-0.39, 0.29) is 24.3 Å². The van der Waals surface area contributed by atoms with Crippen molar-refractivity contribution < 1.29 is 9.59 Å². The van der Waals surface area contributed by atoms with Crippen LogP contribution in [0.15, 0.2) is 6.20 Å². The SMILES string of the molecule is Cc1ncc(CNC2CC(=O)NC2=O)s1. The molecule has 1 aromatic heterocycles. The third-order valence-electron chi connectivity index (χ3n) is 2.16. The molecule has 0 spiro atoms. The molecule has 15 heavy (non-hydrogen) atoms. The van der Waals surface area contributed by atoms with Crippen molar-refractivity contribution in [2.75, 3.05) is 0 Å². The van der Waals surface area contributed by atoms with Crippen LogP contribution in [0.25, 0.3) is 0 Å². The summed E-state index contributed by atoms with van der Waals surface area (Å²) in [4.78, 5) is 27.3. The van der Waals surface area contributed by atoms with Gasteiger partial charge >= 0.3 is 0 Å². The highest BCUT2D eigenvalue weighted by molar-refractivity contribution is 7.11. The minimum atomic E-state index is -0.389. The van der Waals surface area contributed by atoms with Gasteiger partial charge in [0.05, 0.1) is 17.5 Å². The molecular weight excluding hydrogens is 214 g/mol. The van der Waals surface area contributed by atoms with Crippen LogP contribution in [0.4, 0.5) is 0 Å². The van der Waals surface area contributed by atoms with Crippen LogP contribution in [-0.2, 0) is 16.1 Å². The van der Waals surface area contributed by atoms with E-state index in [0.29, 0.717) is 6.54 Å². The summed E-state index contributed by atoms with van der Waals surface area (Å²) >= 11 is 1.58. The highest BCUT2D eigenvalue weighted by atomic mass is 32.1. The molecule has 2 N–H and O–H groups in total. The Balaban J connectivity index is 1.88. The van der Waals surface area contributed by atoms with Gasteiger partial charge in [-0.2, -0.15) is 0 Å². The van der Waals surface area contributed by atoms with Crippen molar-refractivity contribution in [2.24, 2.45) is 0 Å². The van der Waals surface area contributed by atoms with Gasteiger partial charge in [-0.1, -0.05) is 0 Å². The maximum Gasteiger partial charge on any atom is 0.244 e. The fraction of sp³-hybridized carbons (Fsp3) is 0.444. The van der Waals surface area contributed by atoms with Gasteiger partial charge in [-0.25, -0.2) is 4.98 Å². The molecule has 1 atom stereocenters. The van der Waals surface area contributed by atoms with Crippen LogP contribution in [0, 0.1) is 6.92 Å². The Morgan fingerprint density at radius 1 is 1.67 bits per heavy atom. The summed E-state index contributed by atoms with van der Waals surface area (Å²) in [6.45, 7) is 2.51. The molecule has 1 aromatic rings. The third kappa shape index (κ3) is 2.40. The molecule has 1 aliphatic rings. The van der Waals surface area contributed by atoms with Crippen LogP contribution in [0.1, 0.15) is 16.3 Å². The highest BCUT2D eigenvalue weighted by Crippen LogP contribution is 2.12. The smallest absolute Gasteiger partial charge is 0.244 e. The van der Waals surface area contributed by atoms with Gasteiger partial charge in [-0.05, 0) is 6.92 Å². The van der Waals surface area contributed by atoms with Crippen molar-refractivity contribution in [3.8, 4) is 0 Å². The number of carbonyl (C=O) groups excluding carboxylic acids is 2. The number of imide groups is 1. The molecule has 0 bridgehead atoms. The zero-order valence-electron chi connectivity index (χ0n) is 8.24. The lowest BCUT2D eigenvalue weighted by Crippen LogP contribution is -2.35. The van der Waals surface area contributed by atoms with E-state index in [1.165, 1.54) is 0 Å². The largest absolute Gasteiger partial charge is 0.300 e. The fourth-order valence-corrected chi connectivity index (χ4v) is 2.18. The van der Waals surface area contributed by atoms with Crippen molar-refractivity contribution in [1.29, 1.82) is 0 Å². The second kappa shape index (κ2) is 4.08. The van der Waals surface area contributed by atoms with E-state index in [1.807, 2.05) is 6.92 Å². The molecule has 5 nitrogen and oxygen atoms in total. The first kappa shape index (κ1) is 10.3. The lowest BCUT2D eigenvalue weighted by Gasteiger charge is -2.06. The van der Waals surface area contributed by atoms with Gasteiger partial charge < -0.3 is 5.32 Å². The van der Waals surface area contributed by atoms with Gasteiger partial charge in [0.25, 0.3) is 0 Å². The van der Waals surface area contributed by atoms with E-state index in [9.17, 15) is 9.59 Å². The van der Waals surface area contributed by atoms with Crippen molar-refractivity contribution in [2.45, 2.75) is 25.9 Å². The lowest BCUT2D eigenvalue weighted by atomic mass is 10.2. The Labute approximate surface area is 90.9 Å². The normalized spacial score (nSPS) is 20.7. The highest BCUT2D eigenvalue weighted by Gasteiger charge is 2.29. The molecule has 0 aliphatic carbocycles. The molecule has 0 saturated carbocycles. The molecule has 2 rings (SSSR count).